The van der Waals surface area contributed by atoms with Gasteiger partial charge in [-0.25, -0.2) is 4.99 Å². The van der Waals surface area contributed by atoms with Gasteiger partial charge in [-0.2, -0.15) is 0 Å². The maximum atomic E-state index is 11.8. The van der Waals surface area contributed by atoms with E-state index >= 15 is 0 Å². The van der Waals surface area contributed by atoms with Crippen molar-refractivity contribution in [2.45, 2.75) is 26.5 Å². The molecule has 0 saturated heterocycles. The van der Waals surface area contributed by atoms with Crippen LogP contribution in [0.15, 0.2) is 53.5 Å². The van der Waals surface area contributed by atoms with Crippen molar-refractivity contribution in [2.24, 2.45) is 4.99 Å². The Morgan fingerprint density at radius 3 is 2.55 bits per heavy atom. The molecule has 1 amide bonds. The summed E-state index contributed by atoms with van der Waals surface area (Å²) in [6, 6.07) is 15.0. The van der Waals surface area contributed by atoms with E-state index in [0.29, 0.717) is 36.1 Å². The quantitative estimate of drug-likeness (QED) is 0.447. The minimum absolute atomic E-state index is 0.0910. The lowest BCUT2D eigenvalue weighted by atomic mass is 10.1. The Morgan fingerprint density at radius 1 is 1.10 bits per heavy atom. The fourth-order valence-electron chi connectivity index (χ4n) is 2.68. The minimum Gasteiger partial charge on any atom is -0.493 e. The van der Waals surface area contributed by atoms with Gasteiger partial charge in [0.25, 0.3) is 5.91 Å². The lowest BCUT2D eigenvalue weighted by molar-refractivity contribution is 0.0963. The van der Waals surface area contributed by atoms with Gasteiger partial charge in [-0.15, -0.1) is 0 Å². The number of amides is 1. The second kappa shape index (κ2) is 11.6. The summed E-state index contributed by atoms with van der Waals surface area (Å²) in [4.78, 5) is 16.4. The van der Waals surface area contributed by atoms with Crippen molar-refractivity contribution in [3.05, 3.63) is 59.7 Å². The summed E-state index contributed by atoms with van der Waals surface area (Å²) in [5.74, 6) is 1.99. The van der Waals surface area contributed by atoms with Crippen molar-refractivity contribution in [1.82, 2.24) is 16.0 Å². The van der Waals surface area contributed by atoms with Crippen LogP contribution in [0.2, 0.25) is 0 Å². The van der Waals surface area contributed by atoms with E-state index in [1.54, 1.807) is 20.2 Å². The lowest BCUT2D eigenvalue weighted by Crippen LogP contribution is -2.41. The van der Waals surface area contributed by atoms with Crippen LogP contribution in [-0.2, 0) is 6.54 Å². The van der Waals surface area contributed by atoms with Crippen LogP contribution in [0, 0.1) is 0 Å². The fraction of sp³-hybridized carbons (Fsp3) is 0.364. The van der Waals surface area contributed by atoms with Crippen LogP contribution in [0.5, 0.6) is 11.5 Å². The summed E-state index contributed by atoms with van der Waals surface area (Å²) in [5.41, 5.74) is 1.58. The monoisotopic (exact) mass is 398 g/mol. The van der Waals surface area contributed by atoms with E-state index in [9.17, 15) is 4.79 Å². The molecule has 7 heteroatoms. The molecular weight excluding hydrogens is 368 g/mol. The molecule has 7 nitrogen and oxygen atoms in total. The molecule has 0 spiro atoms. The Bertz CT molecular complexity index is 823. The number of hydrogen-bond acceptors (Lipinski definition) is 4. The van der Waals surface area contributed by atoms with E-state index in [1.165, 1.54) is 0 Å². The van der Waals surface area contributed by atoms with Crippen LogP contribution in [0.3, 0.4) is 0 Å². The van der Waals surface area contributed by atoms with Crippen LogP contribution in [0.4, 0.5) is 0 Å². The number of aliphatic imine (C=N–C) groups is 1. The third-order valence-corrected chi connectivity index (χ3v) is 4.13. The van der Waals surface area contributed by atoms with Crippen molar-refractivity contribution in [3.8, 4) is 11.5 Å². The zero-order chi connectivity index (χ0) is 21.1. The first-order valence-corrected chi connectivity index (χ1v) is 9.70. The average Bonchev–Trinajstić information content (AvgIpc) is 2.75. The maximum absolute atomic E-state index is 11.8. The highest BCUT2D eigenvalue weighted by Gasteiger charge is 2.09. The number of para-hydroxylation sites is 2. The molecule has 0 aliphatic carbocycles. The Hall–Kier alpha value is -3.22. The Kier molecular flexibility index (Phi) is 8.82. The smallest absolute Gasteiger partial charge is 0.251 e. The Labute approximate surface area is 172 Å². The molecule has 1 atom stereocenters. The van der Waals surface area contributed by atoms with Gasteiger partial charge in [0.05, 0.1) is 20.2 Å². The van der Waals surface area contributed by atoms with Gasteiger partial charge in [-0.1, -0.05) is 24.3 Å². The van der Waals surface area contributed by atoms with Crippen LogP contribution in [0.1, 0.15) is 29.8 Å². The molecule has 2 aromatic rings. The topological polar surface area (TPSA) is 84.0 Å². The molecule has 0 aromatic heterocycles. The highest BCUT2D eigenvalue weighted by Crippen LogP contribution is 2.26. The molecule has 0 fully saturated rings. The minimum atomic E-state index is -0.108. The maximum Gasteiger partial charge on any atom is 0.251 e. The number of carbonyl (C=O) groups excluding carboxylic acids is 1. The van der Waals surface area contributed by atoms with Gasteiger partial charge in [0.1, 0.15) is 6.10 Å². The first-order chi connectivity index (χ1) is 14.1. The molecule has 0 bridgehead atoms. The predicted octanol–water partition coefficient (Wildman–Crippen LogP) is 2.58. The number of hydrogen-bond donors (Lipinski definition) is 3. The number of guanidine groups is 1. The summed E-state index contributed by atoms with van der Waals surface area (Å²) < 4.78 is 11.3. The molecule has 2 aromatic carbocycles. The highest BCUT2D eigenvalue weighted by molar-refractivity contribution is 5.94. The van der Waals surface area contributed by atoms with Crippen molar-refractivity contribution in [2.75, 3.05) is 27.2 Å². The summed E-state index contributed by atoms with van der Waals surface area (Å²) in [5, 5.41) is 9.15. The van der Waals surface area contributed by atoms with Crippen LogP contribution in [-0.4, -0.2) is 45.2 Å². The molecule has 0 aliphatic rings. The molecule has 0 radical (unpaired) electrons. The predicted molar refractivity (Wildman–Crippen MR) is 116 cm³/mol. The number of rotatable bonds is 9. The standard InChI is InChI=1S/C22H30N4O3/c1-5-24-22(26-15-17-9-8-10-18(13-17)21(27)23-3)25-14-16(2)29-20-12-7-6-11-19(20)28-4/h6-13,16H,5,14-15H2,1-4H3,(H,23,27)(H2,24,25,26). The summed E-state index contributed by atoms with van der Waals surface area (Å²) in [6.45, 7) is 5.77. The van der Waals surface area contributed by atoms with E-state index in [0.717, 1.165) is 12.1 Å². The lowest BCUT2D eigenvalue weighted by Gasteiger charge is -2.19. The zero-order valence-corrected chi connectivity index (χ0v) is 17.5. The zero-order valence-electron chi connectivity index (χ0n) is 17.5. The van der Waals surface area contributed by atoms with Crippen molar-refractivity contribution >= 4 is 11.9 Å². The average molecular weight is 399 g/mol. The van der Waals surface area contributed by atoms with E-state index in [2.05, 4.69) is 20.9 Å². The highest BCUT2D eigenvalue weighted by atomic mass is 16.5. The number of carbonyl (C=O) groups is 1. The van der Waals surface area contributed by atoms with Crippen molar-refractivity contribution in [3.63, 3.8) is 0 Å². The van der Waals surface area contributed by atoms with Gasteiger partial charge in [-0.3, -0.25) is 4.79 Å². The molecule has 0 aliphatic heterocycles. The van der Waals surface area contributed by atoms with Gasteiger partial charge in [0.2, 0.25) is 0 Å². The van der Waals surface area contributed by atoms with Gasteiger partial charge in [0.15, 0.2) is 17.5 Å². The SMILES string of the molecule is CCNC(=NCc1cccc(C(=O)NC)c1)NCC(C)Oc1ccccc1OC. The number of methoxy groups -OCH3 is 1. The fourth-order valence-corrected chi connectivity index (χ4v) is 2.68. The second-order valence-corrected chi connectivity index (χ2v) is 6.43. The molecule has 1 unspecified atom stereocenters. The summed E-state index contributed by atoms with van der Waals surface area (Å²) in [6.07, 6.45) is -0.0910. The Morgan fingerprint density at radius 2 is 1.86 bits per heavy atom. The molecular formula is C22H30N4O3. The summed E-state index contributed by atoms with van der Waals surface area (Å²) >= 11 is 0. The largest absolute Gasteiger partial charge is 0.493 e. The Balaban J connectivity index is 1.96. The van der Waals surface area contributed by atoms with Gasteiger partial charge in [-0.05, 0) is 43.7 Å². The number of ether oxygens (including phenoxy) is 2. The van der Waals surface area contributed by atoms with Crippen LogP contribution < -0.4 is 25.4 Å². The van der Waals surface area contributed by atoms with Gasteiger partial charge in [0, 0.05) is 19.2 Å². The third kappa shape index (κ3) is 7.03. The number of nitrogens with one attached hydrogen (secondary N) is 3. The van der Waals surface area contributed by atoms with Gasteiger partial charge < -0.3 is 25.4 Å². The first kappa shape index (κ1) is 22.1. The molecule has 3 N–H and O–H groups in total. The number of benzene rings is 2. The van der Waals surface area contributed by atoms with Crippen molar-refractivity contribution < 1.29 is 14.3 Å². The molecule has 2 rings (SSSR count). The molecule has 0 saturated carbocycles. The molecule has 156 valence electrons. The third-order valence-electron chi connectivity index (χ3n) is 4.13. The van der Waals surface area contributed by atoms with E-state index < -0.39 is 0 Å². The second-order valence-electron chi connectivity index (χ2n) is 6.43. The summed E-state index contributed by atoms with van der Waals surface area (Å²) in [7, 11) is 3.24. The van der Waals surface area contributed by atoms with Crippen LogP contribution >= 0.6 is 0 Å². The van der Waals surface area contributed by atoms with Crippen LogP contribution in [0.25, 0.3) is 0 Å². The van der Waals surface area contributed by atoms with E-state index in [1.807, 2.05) is 56.3 Å². The number of nitrogens with zero attached hydrogens (tertiary/aromatic N) is 1. The van der Waals surface area contributed by atoms with E-state index in [4.69, 9.17) is 9.47 Å². The van der Waals surface area contributed by atoms with Crippen molar-refractivity contribution in [1.29, 1.82) is 0 Å². The first-order valence-electron chi connectivity index (χ1n) is 9.70. The molecule has 29 heavy (non-hydrogen) atoms. The van der Waals surface area contributed by atoms with E-state index in [-0.39, 0.29) is 12.0 Å². The van der Waals surface area contributed by atoms with Gasteiger partial charge >= 0.3 is 0 Å². The normalized spacial score (nSPS) is 12.1. The molecule has 0 heterocycles.